The first-order valence-corrected chi connectivity index (χ1v) is 5.19. The summed E-state index contributed by atoms with van der Waals surface area (Å²) >= 11 is 5.86. The minimum atomic E-state index is -0.615. The Bertz CT molecular complexity index is 399. The Labute approximate surface area is 99.5 Å². The zero-order chi connectivity index (χ0) is 12.3. The van der Waals surface area contributed by atoms with Gasteiger partial charge in [0.25, 0.3) is 5.91 Å². The van der Waals surface area contributed by atoms with Crippen molar-refractivity contribution in [3.63, 3.8) is 0 Å². The zero-order valence-corrected chi connectivity index (χ0v) is 10.0. The van der Waals surface area contributed by atoms with Crippen molar-refractivity contribution in [2.45, 2.75) is 19.4 Å². The van der Waals surface area contributed by atoms with Crippen LogP contribution in [-0.4, -0.2) is 18.1 Å². The molecule has 5 heteroatoms. The number of primary amides is 1. The lowest BCUT2D eigenvalue weighted by Gasteiger charge is -2.20. The van der Waals surface area contributed by atoms with E-state index in [1.807, 2.05) is 13.8 Å². The van der Waals surface area contributed by atoms with E-state index in [0.717, 1.165) is 0 Å². The van der Waals surface area contributed by atoms with Gasteiger partial charge in [-0.25, -0.2) is 0 Å². The maximum atomic E-state index is 11.2. The third-order valence-corrected chi connectivity index (χ3v) is 2.14. The first-order valence-electron chi connectivity index (χ1n) is 4.81. The van der Waals surface area contributed by atoms with Crippen LogP contribution in [0, 0.1) is 0 Å². The molecule has 1 rings (SSSR count). The molecule has 4 nitrogen and oxygen atoms in total. The molecule has 0 unspecified atom stereocenters. The molecule has 0 spiro atoms. The molecule has 88 valence electrons. The maximum absolute atomic E-state index is 11.2. The lowest BCUT2D eigenvalue weighted by Crippen LogP contribution is -2.39. The molecular formula is C11H15ClN2O2. The smallest absolute Gasteiger partial charge is 0.253 e. The Morgan fingerprint density at radius 1 is 1.50 bits per heavy atom. The third kappa shape index (κ3) is 3.40. The molecule has 0 heterocycles. The second kappa shape index (κ2) is 4.72. The van der Waals surface area contributed by atoms with Gasteiger partial charge in [0, 0.05) is 5.54 Å². The lowest BCUT2D eigenvalue weighted by molar-refractivity contribution is 0.0995. The molecule has 1 aromatic carbocycles. The Hall–Kier alpha value is -1.26. The Balaban J connectivity index is 2.96. The highest BCUT2D eigenvalue weighted by atomic mass is 35.5. The molecular weight excluding hydrogens is 228 g/mol. The van der Waals surface area contributed by atoms with Crippen molar-refractivity contribution in [1.82, 2.24) is 0 Å². The zero-order valence-electron chi connectivity index (χ0n) is 9.29. The number of carbonyl (C=O) groups excluding carboxylic acids is 1. The molecule has 0 aliphatic carbocycles. The van der Waals surface area contributed by atoms with Gasteiger partial charge in [-0.1, -0.05) is 17.7 Å². The van der Waals surface area contributed by atoms with Crippen molar-refractivity contribution < 1.29 is 9.53 Å². The molecule has 16 heavy (non-hydrogen) atoms. The lowest BCUT2D eigenvalue weighted by atomic mass is 10.1. The van der Waals surface area contributed by atoms with Gasteiger partial charge < -0.3 is 16.2 Å². The van der Waals surface area contributed by atoms with Gasteiger partial charge in [0.15, 0.2) is 0 Å². The number of halogens is 1. The van der Waals surface area contributed by atoms with Crippen LogP contribution in [0.3, 0.4) is 0 Å². The standard InChI is InChI=1S/C11H15ClN2O2/c1-11(2,14)6-16-8-5-3-4-7(12)9(8)10(13)15/h3-5H,6,14H2,1-2H3,(H2,13,15). The van der Waals surface area contributed by atoms with E-state index >= 15 is 0 Å². The van der Waals surface area contributed by atoms with E-state index in [0.29, 0.717) is 5.75 Å². The summed E-state index contributed by atoms with van der Waals surface area (Å²) < 4.78 is 5.43. The highest BCUT2D eigenvalue weighted by Gasteiger charge is 2.17. The average Bonchev–Trinajstić information content (AvgIpc) is 2.12. The predicted molar refractivity (Wildman–Crippen MR) is 63.7 cm³/mol. The van der Waals surface area contributed by atoms with Gasteiger partial charge in [-0.3, -0.25) is 4.79 Å². The summed E-state index contributed by atoms with van der Waals surface area (Å²) in [6.45, 7) is 3.91. The van der Waals surface area contributed by atoms with Gasteiger partial charge in [-0.2, -0.15) is 0 Å². The second-order valence-electron chi connectivity index (χ2n) is 4.25. The van der Waals surface area contributed by atoms with Gasteiger partial charge >= 0.3 is 0 Å². The number of hydrogen-bond acceptors (Lipinski definition) is 3. The molecule has 0 fully saturated rings. The van der Waals surface area contributed by atoms with Gasteiger partial charge in [-0.15, -0.1) is 0 Å². The van der Waals surface area contributed by atoms with E-state index in [9.17, 15) is 4.79 Å². The number of hydrogen-bond donors (Lipinski definition) is 2. The summed E-state index contributed by atoms with van der Waals surface area (Å²) in [5, 5.41) is 0.278. The Morgan fingerprint density at radius 2 is 2.12 bits per heavy atom. The van der Waals surface area contributed by atoms with Crippen LogP contribution in [-0.2, 0) is 0 Å². The number of nitrogens with two attached hydrogens (primary N) is 2. The number of amides is 1. The van der Waals surface area contributed by atoms with E-state index in [2.05, 4.69) is 0 Å². The minimum Gasteiger partial charge on any atom is -0.491 e. The summed E-state index contributed by atoms with van der Waals surface area (Å²) in [6.07, 6.45) is 0. The van der Waals surface area contributed by atoms with Crippen molar-refractivity contribution in [1.29, 1.82) is 0 Å². The van der Waals surface area contributed by atoms with Crippen LogP contribution in [0.1, 0.15) is 24.2 Å². The second-order valence-corrected chi connectivity index (χ2v) is 4.66. The number of carbonyl (C=O) groups is 1. The van der Waals surface area contributed by atoms with E-state index in [1.54, 1.807) is 18.2 Å². The van der Waals surface area contributed by atoms with Crippen molar-refractivity contribution in [3.05, 3.63) is 28.8 Å². The van der Waals surface area contributed by atoms with Gasteiger partial charge in [0.1, 0.15) is 12.4 Å². The molecule has 0 bridgehead atoms. The summed E-state index contributed by atoms with van der Waals surface area (Å²) in [5.41, 5.74) is 10.7. The number of rotatable bonds is 4. The number of benzene rings is 1. The molecule has 4 N–H and O–H groups in total. The Morgan fingerprint density at radius 3 is 2.62 bits per heavy atom. The largest absolute Gasteiger partial charge is 0.491 e. The van der Waals surface area contributed by atoms with Gasteiger partial charge in [0.2, 0.25) is 0 Å². The summed E-state index contributed by atoms with van der Waals surface area (Å²) in [7, 11) is 0. The normalized spacial score (nSPS) is 11.2. The van der Waals surface area contributed by atoms with Crippen LogP contribution < -0.4 is 16.2 Å². The fourth-order valence-electron chi connectivity index (χ4n) is 1.13. The molecule has 0 saturated carbocycles. The SMILES string of the molecule is CC(C)(N)COc1cccc(Cl)c1C(N)=O. The summed E-state index contributed by atoms with van der Waals surface area (Å²) in [4.78, 5) is 11.2. The fraction of sp³-hybridized carbons (Fsp3) is 0.364. The minimum absolute atomic E-state index is 0.188. The third-order valence-electron chi connectivity index (χ3n) is 1.82. The van der Waals surface area contributed by atoms with E-state index in [1.165, 1.54) is 0 Å². The quantitative estimate of drug-likeness (QED) is 0.841. The highest BCUT2D eigenvalue weighted by molar-refractivity contribution is 6.34. The molecule has 1 aromatic rings. The van der Waals surface area contributed by atoms with Crippen molar-refractivity contribution in [2.24, 2.45) is 11.5 Å². The van der Waals surface area contributed by atoms with Crippen LogP contribution >= 0.6 is 11.6 Å². The van der Waals surface area contributed by atoms with Crippen molar-refractivity contribution in [2.75, 3.05) is 6.61 Å². The van der Waals surface area contributed by atoms with E-state index in [-0.39, 0.29) is 17.2 Å². The number of ether oxygens (including phenoxy) is 1. The van der Waals surface area contributed by atoms with Crippen LogP contribution in [0.2, 0.25) is 5.02 Å². The van der Waals surface area contributed by atoms with Crippen LogP contribution in [0.15, 0.2) is 18.2 Å². The monoisotopic (exact) mass is 242 g/mol. The molecule has 0 atom stereocenters. The predicted octanol–water partition coefficient (Wildman–Crippen LogP) is 1.55. The van der Waals surface area contributed by atoms with Gasteiger partial charge in [0.05, 0.1) is 10.6 Å². The molecule has 0 aliphatic rings. The molecule has 0 radical (unpaired) electrons. The van der Waals surface area contributed by atoms with Crippen molar-refractivity contribution >= 4 is 17.5 Å². The summed E-state index contributed by atoms with van der Waals surface area (Å²) in [5.74, 6) is -0.256. The molecule has 1 amide bonds. The Kier molecular flexibility index (Phi) is 3.78. The van der Waals surface area contributed by atoms with Crippen LogP contribution in [0.5, 0.6) is 5.75 Å². The first kappa shape index (κ1) is 12.8. The average molecular weight is 243 g/mol. The molecule has 0 aliphatic heterocycles. The highest BCUT2D eigenvalue weighted by Crippen LogP contribution is 2.26. The summed E-state index contributed by atoms with van der Waals surface area (Å²) in [6, 6.07) is 4.91. The first-order chi connectivity index (χ1) is 7.31. The van der Waals surface area contributed by atoms with Gasteiger partial charge in [-0.05, 0) is 26.0 Å². The molecule has 0 saturated heterocycles. The van der Waals surface area contributed by atoms with Crippen molar-refractivity contribution in [3.8, 4) is 5.75 Å². The maximum Gasteiger partial charge on any atom is 0.253 e. The molecule has 0 aromatic heterocycles. The van der Waals surface area contributed by atoms with E-state index < -0.39 is 11.4 Å². The van der Waals surface area contributed by atoms with Crippen LogP contribution in [0.25, 0.3) is 0 Å². The topological polar surface area (TPSA) is 78.3 Å². The van der Waals surface area contributed by atoms with E-state index in [4.69, 9.17) is 27.8 Å². The fourth-order valence-corrected chi connectivity index (χ4v) is 1.39. The van der Waals surface area contributed by atoms with Crippen LogP contribution in [0.4, 0.5) is 0 Å².